The second-order valence-corrected chi connectivity index (χ2v) is 10.6. The fourth-order valence-corrected chi connectivity index (χ4v) is 6.25. The third kappa shape index (κ3) is 5.07. The quantitative estimate of drug-likeness (QED) is 0.497. The minimum Gasteiger partial charge on any atom is -0.478 e. The normalized spacial score (nSPS) is 13.9. The van der Waals surface area contributed by atoms with E-state index in [-0.39, 0.29) is 16.1 Å². The first-order valence-electron chi connectivity index (χ1n) is 11.4. The molecule has 2 N–H and O–H groups in total. The number of aryl methyl sites for hydroxylation is 4. The maximum Gasteiger partial charge on any atom is 0.339 e. The Kier molecular flexibility index (Phi) is 6.67. The van der Waals surface area contributed by atoms with Gasteiger partial charge in [-0.25, -0.2) is 18.2 Å². The molecule has 3 aromatic rings. The molecule has 0 amide bonds. The number of rotatable bonds is 6. The molecule has 0 bridgehead atoms. The number of nitrogens with one attached hydrogen (secondary N) is 1. The number of benzene rings is 2. The highest BCUT2D eigenvalue weighted by Gasteiger charge is 2.24. The van der Waals surface area contributed by atoms with E-state index < -0.39 is 16.0 Å². The number of carbonyl (C=O) groups is 1. The molecule has 0 atom stereocenters. The van der Waals surface area contributed by atoms with E-state index in [0.29, 0.717) is 30.0 Å². The summed E-state index contributed by atoms with van der Waals surface area (Å²) in [7, 11) is -3.92. The van der Waals surface area contributed by atoms with Crippen molar-refractivity contribution in [1.29, 1.82) is 0 Å². The molecule has 4 rings (SSSR count). The molecule has 0 saturated heterocycles. The van der Waals surface area contributed by atoms with Gasteiger partial charge in [-0.2, -0.15) is 0 Å². The van der Waals surface area contributed by atoms with Crippen LogP contribution >= 0.6 is 0 Å². The lowest BCUT2D eigenvalue weighted by molar-refractivity contribution is 0.0697. The SMILES string of the molecule is Cc1cc(C)c(S(=O)(=O)Nc2cnc(N3CC=C(c4ccccc4C)CC3)c(C(=O)O)c2)c(C)c1. The van der Waals surface area contributed by atoms with Gasteiger partial charge in [0.15, 0.2) is 0 Å². The monoisotopic (exact) mass is 491 g/mol. The average Bonchev–Trinajstić information content (AvgIpc) is 2.78. The van der Waals surface area contributed by atoms with Crippen LogP contribution < -0.4 is 9.62 Å². The first kappa shape index (κ1) is 24.5. The van der Waals surface area contributed by atoms with Gasteiger partial charge in [0, 0.05) is 13.1 Å². The molecule has 1 aliphatic rings. The van der Waals surface area contributed by atoms with Crippen molar-refractivity contribution in [3.8, 4) is 0 Å². The zero-order valence-electron chi connectivity index (χ0n) is 20.3. The minimum atomic E-state index is -3.92. The van der Waals surface area contributed by atoms with Gasteiger partial charge in [0.2, 0.25) is 0 Å². The van der Waals surface area contributed by atoms with Gasteiger partial charge >= 0.3 is 5.97 Å². The molecule has 1 aliphatic heterocycles. The van der Waals surface area contributed by atoms with E-state index in [0.717, 1.165) is 12.0 Å². The molecule has 0 fully saturated rings. The summed E-state index contributed by atoms with van der Waals surface area (Å²) < 4.78 is 28.7. The average molecular weight is 492 g/mol. The predicted octanol–water partition coefficient (Wildman–Crippen LogP) is 5.11. The molecule has 182 valence electrons. The molecule has 2 aromatic carbocycles. The van der Waals surface area contributed by atoms with Gasteiger partial charge in [0.25, 0.3) is 10.0 Å². The first-order valence-corrected chi connectivity index (χ1v) is 12.9. The molecule has 2 heterocycles. The van der Waals surface area contributed by atoms with Crippen LogP contribution in [0.4, 0.5) is 11.5 Å². The fraction of sp³-hybridized carbons (Fsp3) is 0.259. The number of carboxylic acid groups (broad SMARTS) is 1. The van der Waals surface area contributed by atoms with Crippen molar-refractivity contribution in [3.63, 3.8) is 0 Å². The van der Waals surface area contributed by atoms with E-state index in [2.05, 4.69) is 34.8 Å². The summed E-state index contributed by atoms with van der Waals surface area (Å²) >= 11 is 0. The smallest absolute Gasteiger partial charge is 0.339 e. The third-order valence-electron chi connectivity index (χ3n) is 6.22. The van der Waals surface area contributed by atoms with E-state index in [9.17, 15) is 18.3 Å². The largest absolute Gasteiger partial charge is 0.478 e. The Morgan fingerprint density at radius 2 is 1.71 bits per heavy atom. The number of aromatic carboxylic acids is 1. The van der Waals surface area contributed by atoms with Crippen molar-refractivity contribution < 1.29 is 18.3 Å². The molecule has 1 aromatic heterocycles. The van der Waals surface area contributed by atoms with Crippen LogP contribution in [0, 0.1) is 27.7 Å². The number of carboxylic acids is 1. The van der Waals surface area contributed by atoms with Crippen molar-refractivity contribution in [2.24, 2.45) is 0 Å². The Hall–Kier alpha value is -3.65. The minimum absolute atomic E-state index is 0.0460. The van der Waals surface area contributed by atoms with Gasteiger partial charge in [0.1, 0.15) is 11.4 Å². The van der Waals surface area contributed by atoms with Crippen LogP contribution in [-0.4, -0.2) is 37.6 Å². The first-order chi connectivity index (χ1) is 16.6. The van der Waals surface area contributed by atoms with Crippen LogP contribution in [0.5, 0.6) is 0 Å². The Labute approximate surface area is 206 Å². The van der Waals surface area contributed by atoms with E-state index in [1.807, 2.05) is 24.0 Å². The van der Waals surface area contributed by atoms with E-state index >= 15 is 0 Å². The van der Waals surface area contributed by atoms with Gasteiger partial charge in [-0.1, -0.05) is 48.0 Å². The molecular formula is C27H29N3O4S. The maximum atomic E-state index is 13.1. The number of sulfonamides is 1. The van der Waals surface area contributed by atoms with Crippen LogP contribution in [0.3, 0.4) is 0 Å². The van der Waals surface area contributed by atoms with Crippen molar-refractivity contribution in [2.75, 3.05) is 22.7 Å². The zero-order chi connectivity index (χ0) is 25.3. The summed E-state index contributed by atoms with van der Waals surface area (Å²) in [5.74, 6) is -0.840. The number of pyridine rings is 1. The number of nitrogens with zero attached hydrogens (tertiary/aromatic N) is 2. The Morgan fingerprint density at radius 1 is 1.03 bits per heavy atom. The van der Waals surface area contributed by atoms with Gasteiger partial charge in [0.05, 0.1) is 16.8 Å². The summed E-state index contributed by atoms with van der Waals surface area (Å²) in [5, 5.41) is 9.86. The molecule has 0 saturated carbocycles. The molecular weight excluding hydrogens is 462 g/mol. The van der Waals surface area contributed by atoms with Crippen LogP contribution in [0.15, 0.2) is 59.6 Å². The van der Waals surface area contributed by atoms with E-state index in [1.165, 1.54) is 29.0 Å². The standard InChI is InChI=1S/C27H29N3O4S/c1-17-13-19(3)25(20(4)14-17)35(33,34)29-22-15-24(27(31)32)26(28-16-22)30-11-9-21(10-12-30)23-8-6-5-7-18(23)2/h5-9,13-16,29H,10-12H2,1-4H3,(H,31,32). The molecule has 0 unspecified atom stereocenters. The van der Waals surface area contributed by atoms with Crippen LogP contribution in [0.25, 0.3) is 5.57 Å². The third-order valence-corrected chi connectivity index (χ3v) is 7.91. The lowest BCUT2D eigenvalue weighted by atomic mass is 9.95. The Bertz CT molecular complexity index is 1420. The van der Waals surface area contributed by atoms with Gasteiger partial charge < -0.3 is 10.0 Å². The van der Waals surface area contributed by atoms with Crippen molar-refractivity contribution >= 4 is 33.1 Å². The second-order valence-electron chi connectivity index (χ2n) is 8.97. The number of hydrogen-bond acceptors (Lipinski definition) is 5. The van der Waals surface area contributed by atoms with Crippen molar-refractivity contribution in [2.45, 2.75) is 39.0 Å². The molecule has 0 aliphatic carbocycles. The molecule has 0 spiro atoms. The van der Waals surface area contributed by atoms with Crippen LogP contribution in [-0.2, 0) is 10.0 Å². The van der Waals surface area contributed by atoms with E-state index in [4.69, 9.17) is 0 Å². The lowest BCUT2D eigenvalue weighted by Gasteiger charge is -2.29. The van der Waals surface area contributed by atoms with Crippen molar-refractivity contribution in [3.05, 3.63) is 88.1 Å². The van der Waals surface area contributed by atoms with Gasteiger partial charge in [-0.15, -0.1) is 0 Å². The predicted molar refractivity (Wildman–Crippen MR) is 139 cm³/mol. The number of hydrogen-bond donors (Lipinski definition) is 2. The molecule has 7 nitrogen and oxygen atoms in total. The Morgan fingerprint density at radius 3 is 2.31 bits per heavy atom. The second kappa shape index (κ2) is 9.54. The highest BCUT2D eigenvalue weighted by atomic mass is 32.2. The topological polar surface area (TPSA) is 99.6 Å². The lowest BCUT2D eigenvalue weighted by Crippen LogP contribution is -2.31. The summed E-state index contributed by atoms with van der Waals surface area (Å²) in [6.45, 7) is 8.60. The van der Waals surface area contributed by atoms with Gasteiger partial charge in [-0.05, 0) is 68.0 Å². The Balaban J connectivity index is 1.61. The molecule has 0 radical (unpaired) electrons. The number of aromatic nitrogens is 1. The zero-order valence-corrected chi connectivity index (χ0v) is 21.1. The summed E-state index contributed by atoms with van der Waals surface area (Å²) in [5.41, 5.74) is 5.92. The highest BCUT2D eigenvalue weighted by molar-refractivity contribution is 7.92. The number of anilines is 2. The molecule has 35 heavy (non-hydrogen) atoms. The van der Waals surface area contributed by atoms with Crippen LogP contribution in [0.1, 0.15) is 44.6 Å². The molecule has 8 heteroatoms. The van der Waals surface area contributed by atoms with Crippen LogP contribution in [0.2, 0.25) is 0 Å². The van der Waals surface area contributed by atoms with E-state index in [1.54, 1.807) is 26.0 Å². The summed E-state index contributed by atoms with van der Waals surface area (Å²) in [4.78, 5) is 18.5. The summed E-state index contributed by atoms with van der Waals surface area (Å²) in [6, 6.07) is 13.1. The summed E-state index contributed by atoms with van der Waals surface area (Å²) in [6.07, 6.45) is 4.23. The fourth-order valence-electron chi connectivity index (χ4n) is 4.76. The maximum absolute atomic E-state index is 13.1. The highest BCUT2D eigenvalue weighted by Crippen LogP contribution is 2.30. The van der Waals surface area contributed by atoms with Crippen molar-refractivity contribution in [1.82, 2.24) is 4.98 Å². The van der Waals surface area contributed by atoms with Gasteiger partial charge in [-0.3, -0.25) is 4.72 Å².